The maximum atomic E-state index is 11.6. The number of fused-ring (bicyclic) bond motifs is 1. The molecule has 0 spiro atoms. The molecule has 4 heteroatoms. The number of carbonyl (C=O) groups excluding carboxylic acids is 1. The van der Waals surface area contributed by atoms with E-state index in [-0.39, 0.29) is 11.9 Å². The van der Waals surface area contributed by atoms with Crippen LogP contribution in [0.1, 0.15) is 29.7 Å². The number of carbonyl (C=O) groups is 1. The normalized spacial score (nSPS) is 12.0. The quantitative estimate of drug-likeness (QED) is 0.649. The molecule has 0 aliphatic heterocycles. The van der Waals surface area contributed by atoms with Crippen molar-refractivity contribution in [3.8, 4) is 5.75 Å². The SMILES string of the molecule is COC(=O)C(C)c1ccc(OCc2cc(C)nc3ccccc23)cc1. The highest BCUT2D eigenvalue weighted by Gasteiger charge is 2.15. The van der Waals surface area contributed by atoms with E-state index in [9.17, 15) is 4.79 Å². The summed E-state index contributed by atoms with van der Waals surface area (Å²) >= 11 is 0. The minimum absolute atomic E-state index is 0.243. The van der Waals surface area contributed by atoms with Gasteiger partial charge in [0.15, 0.2) is 0 Å². The van der Waals surface area contributed by atoms with E-state index in [1.54, 1.807) is 0 Å². The molecule has 3 rings (SSSR count). The molecule has 0 fully saturated rings. The average Bonchev–Trinajstić information content (AvgIpc) is 2.65. The maximum Gasteiger partial charge on any atom is 0.312 e. The molecule has 0 saturated carbocycles. The van der Waals surface area contributed by atoms with Crippen molar-refractivity contribution >= 4 is 16.9 Å². The lowest BCUT2D eigenvalue weighted by atomic mass is 10.0. The highest BCUT2D eigenvalue weighted by Crippen LogP contribution is 2.23. The third-order valence-corrected chi connectivity index (χ3v) is 4.26. The third kappa shape index (κ3) is 3.79. The van der Waals surface area contributed by atoms with E-state index in [4.69, 9.17) is 9.47 Å². The first kappa shape index (κ1) is 17.0. The molecule has 1 unspecified atom stereocenters. The van der Waals surface area contributed by atoms with Gasteiger partial charge in [0.05, 0.1) is 18.5 Å². The average molecular weight is 335 g/mol. The lowest BCUT2D eigenvalue weighted by Gasteiger charge is -2.12. The Balaban J connectivity index is 1.75. The fourth-order valence-corrected chi connectivity index (χ4v) is 2.84. The van der Waals surface area contributed by atoms with Crippen molar-refractivity contribution < 1.29 is 14.3 Å². The summed E-state index contributed by atoms with van der Waals surface area (Å²) in [7, 11) is 1.40. The summed E-state index contributed by atoms with van der Waals surface area (Å²) in [6, 6.07) is 17.7. The summed E-state index contributed by atoms with van der Waals surface area (Å²) in [6.45, 7) is 4.28. The van der Waals surface area contributed by atoms with Gasteiger partial charge in [0.25, 0.3) is 0 Å². The van der Waals surface area contributed by atoms with Crippen LogP contribution >= 0.6 is 0 Å². The predicted molar refractivity (Wildman–Crippen MR) is 97.7 cm³/mol. The summed E-state index contributed by atoms with van der Waals surface area (Å²) in [6.07, 6.45) is 0. The number of nitrogens with zero attached hydrogens (tertiary/aromatic N) is 1. The van der Waals surface area contributed by atoms with Gasteiger partial charge in [0.1, 0.15) is 12.4 Å². The second-order valence-corrected chi connectivity index (χ2v) is 6.04. The minimum Gasteiger partial charge on any atom is -0.489 e. The number of esters is 1. The molecule has 1 heterocycles. The van der Waals surface area contributed by atoms with E-state index in [2.05, 4.69) is 17.1 Å². The van der Waals surface area contributed by atoms with Crippen molar-refractivity contribution in [1.82, 2.24) is 4.98 Å². The van der Waals surface area contributed by atoms with E-state index in [0.717, 1.165) is 33.5 Å². The second-order valence-electron chi connectivity index (χ2n) is 6.04. The van der Waals surface area contributed by atoms with Crippen molar-refractivity contribution in [3.63, 3.8) is 0 Å². The fraction of sp³-hybridized carbons (Fsp3) is 0.238. The number of pyridine rings is 1. The van der Waals surface area contributed by atoms with E-state index in [1.807, 2.05) is 56.3 Å². The molecule has 3 aromatic rings. The number of hydrogen-bond acceptors (Lipinski definition) is 4. The molecule has 1 atom stereocenters. The van der Waals surface area contributed by atoms with Gasteiger partial charge in [0.2, 0.25) is 0 Å². The molecule has 2 aromatic carbocycles. The fourth-order valence-electron chi connectivity index (χ4n) is 2.84. The van der Waals surface area contributed by atoms with Crippen molar-refractivity contribution in [2.75, 3.05) is 7.11 Å². The smallest absolute Gasteiger partial charge is 0.312 e. The van der Waals surface area contributed by atoms with Crippen LogP contribution in [-0.2, 0) is 16.1 Å². The number of ether oxygens (including phenoxy) is 2. The molecule has 25 heavy (non-hydrogen) atoms. The van der Waals surface area contributed by atoms with Gasteiger partial charge in [-0.25, -0.2) is 0 Å². The first-order valence-corrected chi connectivity index (χ1v) is 8.24. The summed E-state index contributed by atoms with van der Waals surface area (Å²) in [5.74, 6) is 0.234. The van der Waals surface area contributed by atoms with Gasteiger partial charge >= 0.3 is 5.97 Å². The number of methoxy groups -OCH3 is 1. The van der Waals surface area contributed by atoms with Crippen LogP contribution in [0.15, 0.2) is 54.6 Å². The van der Waals surface area contributed by atoms with E-state index in [1.165, 1.54) is 7.11 Å². The molecule has 0 amide bonds. The Morgan fingerprint density at radius 2 is 1.84 bits per heavy atom. The van der Waals surface area contributed by atoms with Crippen LogP contribution in [-0.4, -0.2) is 18.1 Å². The lowest BCUT2D eigenvalue weighted by molar-refractivity contribution is -0.141. The minimum atomic E-state index is -0.286. The molecule has 128 valence electrons. The second kappa shape index (κ2) is 7.34. The molecule has 4 nitrogen and oxygen atoms in total. The summed E-state index contributed by atoms with van der Waals surface area (Å²) in [5.41, 5.74) is 3.96. The van der Waals surface area contributed by atoms with E-state index in [0.29, 0.717) is 6.61 Å². The van der Waals surface area contributed by atoms with Crippen LogP contribution in [0.2, 0.25) is 0 Å². The maximum absolute atomic E-state index is 11.6. The highest BCUT2D eigenvalue weighted by atomic mass is 16.5. The molecule has 0 aliphatic rings. The Kier molecular flexibility index (Phi) is 4.98. The Labute approximate surface area is 147 Å². The first-order chi connectivity index (χ1) is 12.1. The number of benzene rings is 2. The van der Waals surface area contributed by atoms with Gasteiger partial charge in [-0.2, -0.15) is 0 Å². The van der Waals surface area contributed by atoms with Gasteiger partial charge in [0, 0.05) is 16.6 Å². The number of hydrogen-bond donors (Lipinski definition) is 0. The molecule has 0 bridgehead atoms. The summed E-state index contributed by atoms with van der Waals surface area (Å²) < 4.78 is 10.7. The molecular weight excluding hydrogens is 314 g/mol. The van der Waals surface area contributed by atoms with Crippen molar-refractivity contribution in [1.29, 1.82) is 0 Å². The zero-order valence-electron chi connectivity index (χ0n) is 14.7. The molecule has 0 N–H and O–H groups in total. The number of aryl methyl sites for hydroxylation is 1. The molecule has 0 aliphatic carbocycles. The van der Waals surface area contributed by atoms with Gasteiger partial charge in [-0.3, -0.25) is 9.78 Å². The van der Waals surface area contributed by atoms with Crippen molar-refractivity contribution in [2.45, 2.75) is 26.4 Å². The first-order valence-electron chi connectivity index (χ1n) is 8.24. The molecule has 0 saturated heterocycles. The van der Waals surface area contributed by atoms with Crippen LogP contribution in [0.5, 0.6) is 5.75 Å². The Bertz CT molecular complexity index is 887. The Morgan fingerprint density at radius 3 is 2.56 bits per heavy atom. The van der Waals surface area contributed by atoms with Crippen LogP contribution in [0.4, 0.5) is 0 Å². The van der Waals surface area contributed by atoms with Crippen LogP contribution in [0, 0.1) is 6.92 Å². The zero-order chi connectivity index (χ0) is 17.8. The zero-order valence-corrected chi connectivity index (χ0v) is 14.7. The van der Waals surface area contributed by atoms with Crippen molar-refractivity contribution in [3.05, 3.63) is 71.4 Å². The topological polar surface area (TPSA) is 48.4 Å². The van der Waals surface area contributed by atoms with Gasteiger partial charge in [-0.1, -0.05) is 30.3 Å². The monoisotopic (exact) mass is 335 g/mol. The Morgan fingerprint density at radius 1 is 1.12 bits per heavy atom. The summed E-state index contributed by atoms with van der Waals surface area (Å²) in [4.78, 5) is 16.2. The third-order valence-electron chi connectivity index (χ3n) is 4.26. The summed E-state index contributed by atoms with van der Waals surface area (Å²) in [5, 5.41) is 1.10. The highest BCUT2D eigenvalue weighted by molar-refractivity contribution is 5.82. The van der Waals surface area contributed by atoms with Crippen LogP contribution < -0.4 is 4.74 Å². The van der Waals surface area contributed by atoms with E-state index < -0.39 is 0 Å². The van der Waals surface area contributed by atoms with Gasteiger partial charge < -0.3 is 9.47 Å². The van der Waals surface area contributed by atoms with Gasteiger partial charge in [-0.15, -0.1) is 0 Å². The van der Waals surface area contributed by atoms with Crippen LogP contribution in [0.3, 0.4) is 0 Å². The number of rotatable bonds is 5. The molecular formula is C21H21NO3. The standard InChI is InChI=1S/C21H21NO3/c1-14-12-17(19-6-4-5-7-20(19)22-14)13-25-18-10-8-16(9-11-18)15(2)21(23)24-3/h4-12,15H,13H2,1-3H3. The van der Waals surface area contributed by atoms with Crippen LogP contribution in [0.25, 0.3) is 10.9 Å². The largest absolute Gasteiger partial charge is 0.489 e. The lowest BCUT2D eigenvalue weighted by Crippen LogP contribution is -2.10. The van der Waals surface area contributed by atoms with E-state index >= 15 is 0 Å². The predicted octanol–water partition coefficient (Wildman–Crippen LogP) is 4.40. The Hall–Kier alpha value is -2.88. The molecule has 0 radical (unpaired) electrons. The number of para-hydroxylation sites is 1. The number of aromatic nitrogens is 1. The van der Waals surface area contributed by atoms with Crippen molar-refractivity contribution in [2.24, 2.45) is 0 Å². The molecule has 1 aromatic heterocycles. The van der Waals surface area contributed by atoms with Gasteiger partial charge in [-0.05, 0) is 43.7 Å².